The van der Waals surface area contributed by atoms with Crippen molar-refractivity contribution in [2.75, 3.05) is 0 Å². The molecule has 4 rings (SSSR count). The van der Waals surface area contributed by atoms with Crippen LogP contribution in [0.2, 0.25) is 0 Å². The number of fused-ring (bicyclic) bond motifs is 5. The van der Waals surface area contributed by atoms with E-state index in [0.29, 0.717) is 0 Å². The minimum Gasteiger partial charge on any atom is -0.343 e. The van der Waals surface area contributed by atoms with Crippen molar-refractivity contribution in [3.8, 4) is 11.3 Å². The highest BCUT2D eigenvalue weighted by Crippen LogP contribution is 2.43. The van der Waals surface area contributed by atoms with Crippen molar-refractivity contribution in [3.05, 3.63) is 59.2 Å². The maximum atomic E-state index is 2.41. The van der Waals surface area contributed by atoms with Gasteiger partial charge in [0.1, 0.15) is 0 Å². The van der Waals surface area contributed by atoms with E-state index in [1.54, 1.807) is 0 Å². The molecule has 0 radical (unpaired) electrons. The lowest BCUT2D eigenvalue weighted by atomic mass is 9.85. The Bertz CT molecular complexity index is 859. The van der Waals surface area contributed by atoms with Crippen LogP contribution in [0.4, 0.5) is 0 Å². The second kappa shape index (κ2) is 4.00. The third-order valence-electron chi connectivity index (χ3n) is 4.81. The molecule has 0 unspecified atom stereocenters. The van der Waals surface area contributed by atoms with E-state index in [4.69, 9.17) is 0 Å². The zero-order valence-electron chi connectivity index (χ0n) is 13.2. The van der Waals surface area contributed by atoms with E-state index in [2.05, 4.69) is 74.9 Å². The zero-order valence-corrected chi connectivity index (χ0v) is 13.2. The third-order valence-corrected chi connectivity index (χ3v) is 4.81. The van der Waals surface area contributed by atoms with Gasteiger partial charge in [0, 0.05) is 29.9 Å². The summed E-state index contributed by atoms with van der Waals surface area (Å²) in [6.45, 7) is 6.85. The van der Waals surface area contributed by atoms with E-state index in [-0.39, 0.29) is 5.41 Å². The zero-order chi connectivity index (χ0) is 14.8. The number of para-hydroxylation sites is 1. The minimum atomic E-state index is 0.214. The van der Waals surface area contributed by atoms with Crippen molar-refractivity contribution >= 4 is 10.9 Å². The van der Waals surface area contributed by atoms with Crippen LogP contribution in [0.15, 0.2) is 42.5 Å². The molecule has 1 aliphatic carbocycles. The normalized spacial score (nSPS) is 13.5. The molecular weight excluding hydrogens is 254 g/mol. The van der Waals surface area contributed by atoms with Gasteiger partial charge in [0.25, 0.3) is 0 Å². The van der Waals surface area contributed by atoms with E-state index in [9.17, 15) is 0 Å². The Hall–Kier alpha value is -2.02. The van der Waals surface area contributed by atoms with E-state index < -0.39 is 0 Å². The molecule has 2 aromatic carbocycles. The lowest BCUT2D eigenvalue weighted by Crippen LogP contribution is -2.11. The van der Waals surface area contributed by atoms with Gasteiger partial charge in [-0.25, -0.2) is 0 Å². The fourth-order valence-corrected chi connectivity index (χ4v) is 3.62. The fraction of sp³-hybridized carbons (Fsp3) is 0.300. The molecule has 1 nitrogen and oxygen atoms in total. The van der Waals surface area contributed by atoms with Crippen LogP contribution < -0.4 is 0 Å². The molecule has 1 heteroatoms. The van der Waals surface area contributed by atoms with Crippen molar-refractivity contribution in [1.82, 2.24) is 4.57 Å². The lowest BCUT2D eigenvalue weighted by Gasteiger charge is -2.20. The van der Waals surface area contributed by atoms with Gasteiger partial charge in [-0.15, -0.1) is 0 Å². The predicted molar refractivity (Wildman–Crippen MR) is 89.9 cm³/mol. The van der Waals surface area contributed by atoms with Crippen molar-refractivity contribution in [1.29, 1.82) is 0 Å². The van der Waals surface area contributed by atoms with Gasteiger partial charge in [0.15, 0.2) is 0 Å². The highest BCUT2D eigenvalue weighted by molar-refractivity contribution is 5.95. The number of aryl methyl sites for hydroxylation is 1. The number of benzene rings is 2. The largest absolute Gasteiger partial charge is 0.343 e. The summed E-state index contributed by atoms with van der Waals surface area (Å²) < 4.78 is 2.35. The van der Waals surface area contributed by atoms with Crippen molar-refractivity contribution in [3.63, 3.8) is 0 Å². The Morgan fingerprint density at radius 3 is 2.52 bits per heavy atom. The number of aromatic nitrogens is 1. The molecule has 0 saturated carbocycles. The first-order valence-electron chi connectivity index (χ1n) is 7.67. The Balaban J connectivity index is 1.97. The molecule has 1 heterocycles. The third kappa shape index (κ3) is 1.70. The highest BCUT2D eigenvalue weighted by Gasteiger charge is 2.26. The summed E-state index contributed by atoms with van der Waals surface area (Å²) >= 11 is 0. The molecule has 0 aliphatic heterocycles. The van der Waals surface area contributed by atoms with Crippen LogP contribution >= 0.6 is 0 Å². The SMILES string of the molecule is Cn1c2c(c3ccccc31)Cc1cc(C(C)(C)C)ccc1-2. The van der Waals surface area contributed by atoms with Crippen LogP contribution in [0.3, 0.4) is 0 Å². The van der Waals surface area contributed by atoms with Crippen molar-refractivity contribution < 1.29 is 0 Å². The molecule has 0 saturated heterocycles. The van der Waals surface area contributed by atoms with Crippen LogP contribution in [0, 0.1) is 0 Å². The summed E-state index contributed by atoms with van der Waals surface area (Å²) in [5, 5.41) is 1.41. The van der Waals surface area contributed by atoms with Crippen LogP contribution in [-0.2, 0) is 18.9 Å². The molecule has 0 spiro atoms. The molecule has 1 aromatic heterocycles. The van der Waals surface area contributed by atoms with Gasteiger partial charge in [0.2, 0.25) is 0 Å². The first-order chi connectivity index (χ1) is 9.97. The van der Waals surface area contributed by atoms with Gasteiger partial charge in [-0.05, 0) is 28.2 Å². The summed E-state index contributed by atoms with van der Waals surface area (Å²) in [5.41, 5.74) is 8.78. The molecule has 1 aliphatic rings. The Kier molecular flexibility index (Phi) is 2.42. The average molecular weight is 275 g/mol. The summed E-state index contributed by atoms with van der Waals surface area (Å²) in [5.74, 6) is 0. The van der Waals surface area contributed by atoms with E-state index in [0.717, 1.165) is 6.42 Å². The maximum Gasteiger partial charge on any atom is 0.0527 e. The topological polar surface area (TPSA) is 4.93 Å². The highest BCUT2D eigenvalue weighted by atomic mass is 15.0. The molecule has 0 fully saturated rings. The quantitative estimate of drug-likeness (QED) is 0.423. The Labute approximate surface area is 126 Å². The first-order valence-corrected chi connectivity index (χ1v) is 7.67. The lowest BCUT2D eigenvalue weighted by molar-refractivity contribution is 0.589. The second-order valence-corrected chi connectivity index (χ2v) is 7.20. The molecule has 0 atom stereocenters. The summed E-state index contributed by atoms with van der Waals surface area (Å²) in [6, 6.07) is 15.8. The summed E-state index contributed by atoms with van der Waals surface area (Å²) in [4.78, 5) is 0. The molecule has 0 N–H and O–H groups in total. The van der Waals surface area contributed by atoms with Gasteiger partial charge in [0.05, 0.1) is 5.69 Å². The fourth-order valence-electron chi connectivity index (χ4n) is 3.62. The predicted octanol–water partition coefficient (Wildman–Crippen LogP) is 5.05. The van der Waals surface area contributed by atoms with Crippen LogP contribution in [0.25, 0.3) is 22.2 Å². The molecule has 21 heavy (non-hydrogen) atoms. The van der Waals surface area contributed by atoms with Gasteiger partial charge in [-0.1, -0.05) is 57.2 Å². The molecule has 0 amide bonds. The Morgan fingerprint density at radius 2 is 1.76 bits per heavy atom. The van der Waals surface area contributed by atoms with Gasteiger partial charge < -0.3 is 4.57 Å². The van der Waals surface area contributed by atoms with Crippen LogP contribution in [0.5, 0.6) is 0 Å². The molecule has 0 bridgehead atoms. The minimum absolute atomic E-state index is 0.214. The number of rotatable bonds is 0. The Morgan fingerprint density at radius 1 is 1.00 bits per heavy atom. The number of hydrogen-bond donors (Lipinski definition) is 0. The molecular formula is C20H21N. The summed E-state index contributed by atoms with van der Waals surface area (Å²) in [6.07, 6.45) is 1.07. The maximum absolute atomic E-state index is 2.41. The second-order valence-electron chi connectivity index (χ2n) is 7.20. The first kappa shape index (κ1) is 12.7. The van der Waals surface area contributed by atoms with Crippen LogP contribution in [-0.4, -0.2) is 4.57 Å². The van der Waals surface area contributed by atoms with E-state index in [1.165, 1.54) is 38.9 Å². The number of nitrogens with zero attached hydrogens (tertiary/aromatic N) is 1. The van der Waals surface area contributed by atoms with E-state index >= 15 is 0 Å². The average Bonchev–Trinajstić information content (AvgIpc) is 2.95. The smallest absolute Gasteiger partial charge is 0.0527 e. The van der Waals surface area contributed by atoms with Gasteiger partial charge >= 0.3 is 0 Å². The van der Waals surface area contributed by atoms with Crippen molar-refractivity contribution in [2.45, 2.75) is 32.6 Å². The monoisotopic (exact) mass is 275 g/mol. The van der Waals surface area contributed by atoms with Crippen LogP contribution in [0.1, 0.15) is 37.5 Å². The van der Waals surface area contributed by atoms with E-state index in [1.807, 2.05) is 0 Å². The standard InChI is InChI=1S/C20H21N/c1-20(2,3)14-9-10-15-13(11-14)12-17-16-7-5-6-8-18(16)21(4)19(15)17/h5-11H,12H2,1-4H3. The van der Waals surface area contributed by atoms with Gasteiger partial charge in [-0.3, -0.25) is 0 Å². The molecule has 3 aromatic rings. The van der Waals surface area contributed by atoms with Gasteiger partial charge in [-0.2, -0.15) is 0 Å². The summed E-state index contributed by atoms with van der Waals surface area (Å²) in [7, 11) is 2.19. The molecule has 106 valence electrons. The van der Waals surface area contributed by atoms with Crippen molar-refractivity contribution in [2.24, 2.45) is 7.05 Å². The number of hydrogen-bond acceptors (Lipinski definition) is 0.